The number of rotatable bonds is 7. The summed E-state index contributed by atoms with van der Waals surface area (Å²) < 4.78 is 23.4. The second kappa shape index (κ2) is 9.16. The molecule has 0 unspecified atom stereocenters. The van der Waals surface area contributed by atoms with Crippen molar-refractivity contribution in [3.05, 3.63) is 64.9 Å². The van der Waals surface area contributed by atoms with E-state index in [1.165, 1.54) is 49.8 Å². The number of ether oxygens (including phenoxy) is 2. The van der Waals surface area contributed by atoms with E-state index in [0.29, 0.717) is 33.6 Å². The van der Waals surface area contributed by atoms with E-state index < -0.39 is 11.7 Å². The van der Waals surface area contributed by atoms with Gasteiger partial charge in [0.2, 0.25) is 5.91 Å². The number of benzene rings is 2. The molecule has 0 radical (unpaired) electrons. The van der Waals surface area contributed by atoms with E-state index in [2.05, 4.69) is 15.6 Å². The first-order valence-electron chi connectivity index (χ1n) is 8.51. The quantitative estimate of drug-likeness (QED) is 0.614. The minimum absolute atomic E-state index is 0.0171. The van der Waals surface area contributed by atoms with Gasteiger partial charge in [0, 0.05) is 17.0 Å². The van der Waals surface area contributed by atoms with Gasteiger partial charge in [-0.1, -0.05) is 0 Å². The van der Waals surface area contributed by atoms with Gasteiger partial charge in [-0.05, 0) is 36.4 Å². The smallest absolute Gasteiger partial charge is 0.257 e. The van der Waals surface area contributed by atoms with Gasteiger partial charge in [0.25, 0.3) is 5.91 Å². The number of hydrogen-bond acceptors (Lipinski definition) is 6. The van der Waals surface area contributed by atoms with Crippen LogP contribution in [-0.4, -0.2) is 31.0 Å². The molecule has 9 heteroatoms. The zero-order valence-electron chi connectivity index (χ0n) is 15.7. The molecule has 0 saturated carbocycles. The molecule has 150 valence electrons. The molecule has 0 fully saturated rings. The van der Waals surface area contributed by atoms with Crippen molar-refractivity contribution in [1.29, 1.82) is 0 Å². The zero-order valence-corrected chi connectivity index (χ0v) is 16.5. The summed E-state index contributed by atoms with van der Waals surface area (Å²) in [5.41, 5.74) is 1.30. The number of aromatic nitrogens is 1. The molecule has 1 heterocycles. The lowest BCUT2D eigenvalue weighted by Crippen LogP contribution is -2.16. The van der Waals surface area contributed by atoms with Crippen molar-refractivity contribution >= 4 is 34.0 Å². The first-order chi connectivity index (χ1) is 14.0. The van der Waals surface area contributed by atoms with Crippen LogP contribution >= 0.6 is 11.3 Å². The van der Waals surface area contributed by atoms with Crippen molar-refractivity contribution in [3.8, 4) is 11.5 Å². The maximum absolute atomic E-state index is 13.0. The molecular formula is C20H18FN3O4S. The van der Waals surface area contributed by atoms with E-state index >= 15 is 0 Å². The molecule has 0 bridgehead atoms. The third-order valence-electron chi connectivity index (χ3n) is 3.90. The Bertz CT molecular complexity index is 1020. The molecule has 0 spiro atoms. The Hall–Kier alpha value is -3.46. The van der Waals surface area contributed by atoms with E-state index in [9.17, 15) is 14.0 Å². The van der Waals surface area contributed by atoms with E-state index in [-0.39, 0.29) is 12.3 Å². The molecular weight excluding hydrogens is 397 g/mol. The maximum Gasteiger partial charge on any atom is 0.257 e. The highest BCUT2D eigenvalue weighted by molar-refractivity contribution is 7.14. The highest BCUT2D eigenvalue weighted by Crippen LogP contribution is 2.29. The predicted molar refractivity (Wildman–Crippen MR) is 108 cm³/mol. The van der Waals surface area contributed by atoms with E-state index in [4.69, 9.17) is 9.47 Å². The first-order valence-corrected chi connectivity index (χ1v) is 9.39. The summed E-state index contributed by atoms with van der Waals surface area (Å²) in [5.74, 6) is -0.0308. The number of anilines is 2. The van der Waals surface area contributed by atoms with Crippen molar-refractivity contribution in [2.45, 2.75) is 6.42 Å². The monoisotopic (exact) mass is 415 g/mol. The number of carbonyl (C=O) groups excluding carboxylic acids is 2. The number of halogens is 1. The highest BCUT2D eigenvalue weighted by Gasteiger charge is 2.13. The predicted octanol–water partition coefficient (Wildman–Crippen LogP) is 3.73. The fraction of sp³-hybridized carbons (Fsp3) is 0.150. The Balaban J connectivity index is 1.62. The summed E-state index contributed by atoms with van der Waals surface area (Å²) in [6, 6.07) is 10.3. The van der Waals surface area contributed by atoms with Crippen LogP contribution in [0.1, 0.15) is 16.1 Å². The average Bonchev–Trinajstić information content (AvgIpc) is 3.14. The lowest BCUT2D eigenvalue weighted by Gasteiger charge is -2.11. The summed E-state index contributed by atoms with van der Waals surface area (Å²) in [7, 11) is 3.04. The van der Waals surface area contributed by atoms with Crippen LogP contribution in [0.15, 0.2) is 47.8 Å². The molecule has 0 aliphatic rings. The summed E-state index contributed by atoms with van der Waals surface area (Å²) >= 11 is 1.20. The van der Waals surface area contributed by atoms with Gasteiger partial charge in [0.1, 0.15) is 17.3 Å². The van der Waals surface area contributed by atoms with Crippen LogP contribution in [0.2, 0.25) is 0 Å². The number of methoxy groups -OCH3 is 2. The van der Waals surface area contributed by atoms with Crippen molar-refractivity contribution in [3.63, 3.8) is 0 Å². The Morgan fingerprint density at radius 3 is 2.52 bits per heavy atom. The van der Waals surface area contributed by atoms with Gasteiger partial charge in [0.05, 0.1) is 32.0 Å². The SMILES string of the molecule is COc1ccc(OC)c(NC(=O)Cc2csc(NC(=O)c3ccc(F)cc3)n2)c1. The molecule has 7 nitrogen and oxygen atoms in total. The topological polar surface area (TPSA) is 89.5 Å². The van der Waals surface area contributed by atoms with Gasteiger partial charge in [-0.25, -0.2) is 9.37 Å². The second-order valence-corrected chi connectivity index (χ2v) is 6.75. The van der Waals surface area contributed by atoms with Crippen molar-refractivity contribution in [2.24, 2.45) is 0 Å². The van der Waals surface area contributed by atoms with Crippen LogP contribution in [0.25, 0.3) is 0 Å². The van der Waals surface area contributed by atoms with Crippen LogP contribution in [-0.2, 0) is 11.2 Å². The third kappa shape index (κ3) is 5.29. The van der Waals surface area contributed by atoms with E-state index in [0.717, 1.165) is 0 Å². The summed E-state index contributed by atoms with van der Waals surface area (Å²) in [5, 5.41) is 7.43. The number of nitrogens with zero attached hydrogens (tertiary/aromatic N) is 1. The van der Waals surface area contributed by atoms with Crippen molar-refractivity contribution in [1.82, 2.24) is 4.98 Å². The highest BCUT2D eigenvalue weighted by atomic mass is 32.1. The van der Waals surface area contributed by atoms with Gasteiger partial charge < -0.3 is 14.8 Å². The fourth-order valence-electron chi connectivity index (χ4n) is 2.49. The molecule has 3 rings (SSSR count). The molecule has 2 aromatic carbocycles. The summed E-state index contributed by atoms with van der Waals surface area (Å²) in [4.78, 5) is 28.8. The first kappa shape index (κ1) is 20.3. The Kier molecular flexibility index (Phi) is 6.40. The molecule has 0 saturated heterocycles. The summed E-state index contributed by atoms with van der Waals surface area (Å²) in [6.07, 6.45) is 0.0171. The zero-order chi connectivity index (χ0) is 20.8. The standard InChI is InChI=1S/C20H18FN3O4S/c1-27-15-7-8-17(28-2)16(10-15)23-18(25)9-14-11-29-20(22-14)24-19(26)12-3-5-13(21)6-4-12/h3-8,10-11H,9H2,1-2H3,(H,23,25)(H,22,24,26). The molecule has 2 N–H and O–H groups in total. The fourth-order valence-corrected chi connectivity index (χ4v) is 3.19. The molecule has 3 aromatic rings. The molecule has 2 amide bonds. The molecule has 1 aromatic heterocycles. The van der Waals surface area contributed by atoms with Gasteiger partial charge in [-0.3, -0.25) is 14.9 Å². The van der Waals surface area contributed by atoms with Gasteiger partial charge in [-0.15, -0.1) is 11.3 Å². The average molecular weight is 415 g/mol. The van der Waals surface area contributed by atoms with Crippen LogP contribution in [0.4, 0.5) is 15.2 Å². The second-order valence-electron chi connectivity index (χ2n) is 5.90. The largest absolute Gasteiger partial charge is 0.497 e. The number of hydrogen-bond donors (Lipinski definition) is 2. The molecule has 0 atom stereocenters. The normalized spacial score (nSPS) is 10.3. The number of carbonyl (C=O) groups is 2. The van der Waals surface area contributed by atoms with Crippen LogP contribution in [0.3, 0.4) is 0 Å². The number of thiazole rings is 1. The Morgan fingerprint density at radius 1 is 1.07 bits per heavy atom. The van der Waals surface area contributed by atoms with Crippen LogP contribution in [0.5, 0.6) is 11.5 Å². The lowest BCUT2D eigenvalue weighted by molar-refractivity contribution is -0.115. The third-order valence-corrected chi connectivity index (χ3v) is 4.71. The minimum atomic E-state index is -0.420. The molecule has 0 aliphatic heterocycles. The van der Waals surface area contributed by atoms with Gasteiger partial charge in [-0.2, -0.15) is 0 Å². The van der Waals surface area contributed by atoms with Crippen LogP contribution < -0.4 is 20.1 Å². The van der Waals surface area contributed by atoms with E-state index in [1.54, 1.807) is 23.6 Å². The molecule has 29 heavy (non-hydrogen) atoms. The van der Waals surface area contributed by atoms with E-state index in [1.807, 2.05) is 0 Å². The molecule has 0 aliphatic carbocycles. The van der Waals surface area contributed by atoms with Crippen LogP contribution in [0, 0.1) is 5.82 Å². The lowest BCUT2D eigenvalue weighted by atomic mass is 10.2. The van der Waals surface area contributed by atoms with Gasteiger partial charge >= 0.3 is 0 Å². The maximum atomic E-state index is 13.0. The minimum Gasteiger partial charge on any atom is -0.497 e. The summed E-state index contributed by atoms with van der Waals surface area (Å²) in [6.45, 7) is 0. The van der Waals surface area contributed by atoms with Crippen molar-refractivity contribution < 1.29 is 23.5 Å². The number of amides is 2. The Labute approximate surface area is 170 Å². The van der Waals surface area contributed by atoms with Crippen molar-refractivity contribution in [2.75, 3.05) is 24.9 Å². The Morgan fingerprint density at radius 2 is 1.83 bits per heavy atom. The number of nitrogens with one attached hydrogen (secondary N) is 2. The van der Waals surface area contributed by atoms with Gasteiger partial charge in [0.15, 0.2) is 5.13 Å².